The van der Waals surface area contributed by atoms with Crippen molar-refractivity contribution < 1.29 is 0 Å². The van der Waals surface area contributed by atoms with Crippen LogP contribution in [-0.4, -0.2) is 24.2 Å². The normalized spacial score (nSPS) is 18.3. The highest BCUT2D eigenvalue weighted by Gasteiger charge is 2.16. The first kappa shape index (κ1) is 14.1. The Balaban J connectivity index is 2.13. The highest BCUT2D eigenvalue weighted by molar-refractivity contribution is 5.82. The van der Waals surface area contributed by atoms with E-state index in [9.17, 15) is 0 Å². The van der Waals surface area contributed by atoms with Gasteiger partial charge in [0.1, 0.15) is 0 Å². The fraction of sp³-hybridized carbons (Fsp3) is 0.562. The quantitative estimate of drug-likeness (QED) is 0.515. The van der Waals surface area contributed by atoms with Gasteiger partial charge in [0.05, 0.1) is 6.21 Å². The number of piperidine rings is 1. The number of aryl methyl sites for hydroxylation is 2. The molecule has 1 aromatic carbocycles. The molecule has 0 aliphatic carbocycles. The van der Waals surface area contributed by atoms with Crippen LogP contribution in [0.5, 0.6) is 0 Å². The fourth-order valence-electron chi connectivity index (χ4n) is 2.77. The van der Waals surface area contributed by atoms with E-state index in [1.807, 2.05) is 0 Å². The molecule has 0 bridgehead atoms. The summed E-state index contributed by atoms with van der Waals surface area (Å²) in [7, 11) is 0. The Morgan fingerprint density at radius 3 is 2.58 bits per heavy atom. The summed E-state index contributed by atoms with van der Waals surface area (Å²) in [5, 5.41) is 3.66. The van der Waals surface area contributed by atoms with Crippen LogP contribution in [0, 0.1) is 19.8 Å². The van der Waals surface area contributed by atoms with Gasteiger partial charge in [-0.25, -0.2) is 0 Å². The molecule has 2 rings (SSSR count). The second-order valence-corrected chi connectivity index (χ2v) is 5.87. The van der Waals surface area contributed by atoms with Crippen molar-refractivity contribution in [3.8, 4) is 0 Å². The molecule has 3 nitrogen and oxygen atoms in total. The van der Waals surface area contributed by atoms with Crippen LogP contribution in [0.15, 0.2) is 17.2 Å². The van der Waals surface area contributed by atoms with Crippen LogP contribution < -0.4 is 5.84 Å². The minimum Gasteiger partial charge on any atom is -0.323 e. The van der Waals surface area contributed by atoms with Crippen LogP contribution in [0.25, 0.3) is 0 Å². The third kappa shape index (κ3) is 3.57. The molecular formula is C16H25N3. The maximum Gasteiger partial charge on any atom is 0.0540 e. The molecular weight excluding hydrogens is 234 g/mol. The first-order valence-electron chi connectivity index (χ1n) is 7.16. The van der Waals surface area contributed by atoms with Gasteiger partial charge in [-0.2, -0.15) is 5.10 Å². The van der Waals surface area contributed by atoms with Crippen LogP contribution in [0.3, 0.4) is 0 Å². The summed E-state index contributed by atoms with van der Waals surface area (Å²) in [5.41, 5.74) is 5.14. The third-order valence-corrected chi connectivity index (χ3v) is 4.21. The first-order valence-corrected chi connectivity index (χ1v) is 7.16. The molecule has 0 radical (unpaired) electrons. The van der Waals surface area contributed by atoms with Crippen LogP contribution in [0.1, 0.15) is 42.0 Å². The topological polar surface area (TPSA) is 41.6 Å². The van der Waals surface area contributed by atoms with Gasteiger partial charge in [0.15, 0.2) is 0 Å². The van der Waals surface area contributed by atoms with Crippen molar-refractivity contribution >= 4 is 6.21 Å². The molecule has 19 heavy (non-hydrogen) atoms. The molecule has 2 N–H and O–H groups in total. The average Bonchev–Trinajstić information content (AvgIpc) is 2.38. The van der Waals surface area contributed by atoms with E-state index >= 15 is 0 Å². The van der Waals surface area contributed by atoms with Gasteiger partial charge < -0.3 is 5.84 Å². The summed E-state index contributed by atoms with van der Waals surface area (Å²) in [6.07, 6.45) is 4.39. The van der Waals surface area contributed by atoms with E-state index in [1.54, 1.807) is 6.21 Å². The average molecular weight is 259 g/mol. The number of nitrogens with zero attached hydrogens (tertiary/aromatic N) is 2. The van der Waals surface area contributed by atoms with E-state index in [2.05, 4.69) is 42.9 Å². The van der Waals surface area contributed by atoms with E-state index in [0.29, 0.717) is 0 Å². The Bertz CT molecular complexity index is 457. The van der Waals surface area contributed by atoms with Crippen molar-refractivity contribution in [3.05, 3.63) is 34.4 Å². The molecule has 1 aliphatic rings. The summed E-state index contributed by atoms with van der Waals surface area (Å²) >= 11 is 0. The third-order valence-electron chi connectivity index (χ3n) is 4.21. The smallest absolute Gasteiger partial charge is 0.0540 e. The summed E-state index contributed by atoms with van der Waals surface area (Å²) in [6, 6.07) is 4.47. The Morgan fingerprint density at radius 1 is 1.26 bits per heavy atom. The summed E-state index contributed by atoms with van der Waals surface area (Å²) in [5.74, 6) is 6.16. The summed E-state index contributed by atoms with van der Waals surface area (Å²) in [6.45, 7) is 10.1. The van der Waals surface area contributed by atoms with E-state index in [1.165, 1.54) is 42.6 Å². The number of nitrogens with two attached hydrogens (primary N) is 1. The Morgan fingerprint density at radius 2 is 1.95 bits per heavy atom. The van der Waals surface area contributed by atoms with Crippen molar-refractivity contribution in [1.29, 1.82) is 0 Å². The van der Waals surface area contributed by atoms with Crippen LogP contribution in [0.2, 0.25) is 0 Å². The molecule has 1 heterocycles. The second kappa shape index (κ2) is 6.20. The minimum absolute atomic E-state index is 0.885. The van der Waals surface area contributed by atoms with Crippen molar-refractivity contribution in [2.45, 2.75) is 40.2 Å². The maximum atomic E-state index is 5.28. The zero-order chi connectivity index (χ0) is 13.8. The van der Waals surface area contributed by atoms with Gasteiger partial charge in [0, 0.05) is 6.54 Å². The van der Waals surface area contributed by atoms with Gasteiger partial charge in [0.25, 0.3) is 0 Å². The number of hydrogen-bond acceptors (Lipinski definition) is 3. The van der Waals surface area contributed by atoms with Crippen molar-refractivity contribution in [2.24, 2.45) is 16.9 Å². The predicted octanol–water partition coefficient (Wildman–Crippen LogP) is 2.83. The van der Waals surface area contributed by atoms with Gasteiger partial charge >= 0.3 is 0 Å². The Hall–Kier alpha value is -1.35. The molecule has 0 saturated carbocycles. The Labute approximate surface area is 116 Å². The standard InChI is InChI=1S/C16H25N3/c1-12-4-6-19(7-5-12)11-16-9-15(10-18-17)13(2)8-14(16)3/h8-10,12H,4-7,11,17H2,1-3H3. The van der Waals surface area contributed by atoms with Gasteiger partial charge in [0.2, 0.25) is 0 Å². The number of likely N-dealkylation sites (tertiary alicyclic amines) is 1. The molecule has 1 aliphatic heterocycles. The minimum atomic E-state index is 0.885. The van der Waals surface area contributed by atoms with E-state index < -0.39 is 0 Å². The number of benzene rings is 1. The van der Waals surface area contributed by atoms with Gasteiger partial charge in [-0.05, 0) is 74.0 Å². The SMILES string of the molecule is Cc1cc(C)c(CN2CCC(C)CC2)cc1C=NN. The van der Waals surface area contributed by atoms with Crippen molar-refractivity contribution in [2.75, 3.05) is 13.1 Å². The highest BCUT2D eigenvalue weighted by atomic mass is 15.1. The van der Waals surface area contributed by atoms with Gasteiger partial charge in [-0.3, -0.25) is 4.90 Å². The lowest BCUT2D eigenvalue weighted by Crippen LogP contribution is -2.32. The van der Waals surface area contributed by atoms with Crippen molar-refractivity contribution in [1.82, 2.24) is 4.90 Å². The largest absolute Gasteiger partial charge is 0.323 e. The summed E-state index contributed by atoms with van der Waals surface area (Å²) in [4.78, 5) is 2.56. The number of rotatable bonds is 3. The van der Waals surface area contributed by atoms with Gasteiger partial charge in [-0.15, -0.1) is 0 Å². The Kier molecular flexibility index (Phi) is 4.59. The molecule has 0 amide bonds. The monoisotopic (exact) mass is 259 g/mol. The lowest BCUT2D eigenvalue weighted by Gasteiger charge is -2.30. The highest BCUT2D eigenvalue weighted by Crippen LogP contribution is 2.21. The molecule has 3 heteroatoms. The molecule has 1 aromatic rings. The predicted molar refractivity (Wildman–Crippen MR) is 81.4 cm³/mol. The first-order chi connectivity index (χ1) is 9.10. The second-order valence-electron chi connectivity index (χ2n) is 5.87. The van der Waals surface area contributed by atoms with Crippen LogP contribution in [0.4, 0.5) is 0 Å². The zero-order valence-corrected chi connectivity index (χ0v) is 12.3. The molecule has 0 spiro atoms. The van der Waals surface area contributed by atoms with Gasteiger partial charge in [-0.1, -0.05) is 13.0 Å². The van der Waals surface area contributed by atoms with Crippen molar-refractivity contribution in [3.63, 3.8) is 0 Å². The lowest BCUT2D eigenvalue weighted by atomic mass is 9.96. The summed E-state index contributed by atoms with van der Waals surface area (Å²) < 4.78 is 0. The van der Waals surface area contributed by atoms with E-state index in [4.69, 9.17) is 5.84 Å². The number of hydrazone groups is 1. The molecule has 104 valence electrons. The lowest BCUT2D eigenvalue weighted by molar-refractivity contribution is 0.185. The van der Waals surface area contributed by atoms with Crippen LogP contribution in [-0.2, 0) is 6.54 Å². The molecule has 0 atom stereocenters. The molecule has 1 saturated heterocycles. The number of hydrogen-bond donors (Lipinski definition) is 1. The molecule has 1 fully saturated rings. The van der Waals surface area contributed by atoms with Crippen LogP contribution >= 0.6 is 0 Å². The fourth-order valence-corrected chi connectivity index (χ4v) is 2.77. The van der Waals surface area contributed by atoms with E-state index in [-0.39, 0.29) is 0 Å². The molecule has 0 aromatic heterocycles. The molecule has 0 unspecified atom stereocenters. The maximum absolute atomic E-state index is 5.28. The van der Waals surface area contributed by atoms with E-state index in [0.717, 1.165) is 18.0 Å². The zero-order valence-electron chi connectivity index (χ0n) is 12.3.